The summed E-state index contributed by atoms with van der Waals surface area (Å²) in [5.74, 6) is -1.22. The van der Waals surface area contributed by atoms with E-state index >= 15 is 0 Å². The normalized spacial score (nSPS) is 9.15. The first-order valence-electron chi connectivity index (χ1n) is 3.48. The zero-order chi connectivity index (χ0) is 9.14. The van der Waals surface area contributed by atoms with E-state index in [9.17, 15) is 8.78 Å². The minimum atomic E-state index is -0.620. The summed E-state index contributed by atoms with van der Waals surface area (Å²) in [5.41, 5.74) is 5.99. The van der Waals surface area contributed by atoms with Gasteiger partial charge in [-0.25, -0.2) is 8.78 Å². The van der Waals surface area contributed by atoms with Crippen LogP contribution >= 0.6 is 12.4 Å². The summed E-state index contributed by atoms with van der Waals surface area (Å²) < 4.78 is 25.3. The Hall–Kier alpha value is -0.930. The molecule has 0 saturated carbocycles. The Morgan fingerprint density at radius 1 is 1.38 bits per heavy atom. The molecule has 0 aliphatic heterocycles. The second kappa shape index (κ2) is 4.94. The molecule has 0 fully saturated rings. The Labute approximate surface area is 81.7 Å². The van der Waals surface area contributed by atoms with E-state index in [1.54, 1.807) is 0 Å². The number of hydrogen-bond donors (Lipinski definition) is 1. The average molecular weight is 206 g/mol. The van der Waals surface area contributed by atoms with Crippen molar-refractivity contribution < 1.29 is 8.78 Å². The Morgan fingerprint density at radius 3 is 2.46 bits per heavy atom. The monoisotopic (exact) mass is 205 g/mol. The van der Waals surface area contributed by atoms with E-state index in [1.807, 2.05) is 0 Å². The molecule has 0 amide bonds. The van der Waals surface area contributed by atoms with Crippen molar-refractivity contribution in [1.29, 1.82) is 0 Å². The van der Waals surface area contributed by atoms with Gasteiger partial charge in [-0.15, -0.1) is 12.4 Å². The lowest BCUT2D eigenvalue weighted by Crippen LogP contribution is -2.02. The number of nitrogens with two attached hydrogens (primary N) is 1. The Balaban J connectivity index is 0.00000144. The third-order valence-electron chi connectivity index (χ3n) is 1.56. The van der Waals surface area contributed by atoms with Gasteiger partial charge in [-0.2, -0.15) is 0 Å². The van der Waals surface area contributed by atoms with Gasteiger partial charge in [0.1, 0.15) is 11.6 Å². The van der Waals surface area contributed by atoms with Crippen molar-refractivity contribution in [2.45, 2.75) is 0 Å². The second-order valence-electron chi connectivity index (χ2n) is 2.43. The van der Waals surface area contributed by atoms with E-state index in [0.29, 0.717) is 5.57 Å². The van der Waals surface area contributed by atoms with Crippen molar-refractivity contribution in [3.05, 3.63) is 42.0 Å². The number of benzene rings is 1. The van der Waals surface area contributed by atoms with Crippen molar-refractivity contribution in [1.82, 2.24) is 0 Å². The van der Waals surface area contributed by atoms with Crippen molar-refractivity contribution in [3.63, 3.8) is 0 Å². The molecule has 0 aliphatic rings. The topological polar surface area (TPSA) is 26.0 Å². The molecule has 1 aromatic carbocycles. The molecule has 1 nitrogen and oxygen atoms in total. The van der Waals surface area contributed by atoms with E-state index < -0.39 is 11.6 Å². The van der Waals surface area contributed by atoms with Crippen LogP contribution in [0.5, 0.6) is 0 Å². The van der Waals surface area contributed by atoms with E-state index in [-0.39, 0.29) is 24.5 Å². The smallest absolute Gasteiger partial charge is 0.133 e. The van der Waals surface area contributed by atoms with Gasteiger partial charge in [-0.1, -0.05) is 6.58 Å². The average Bonchev–Trinajstić information content (AvgIpc) is 2.03. The van der Waals surface area contributed by atoms with Crippen LogP contribution in [-0.4, -0.2) is 6.54 Å². The molecule has 0 radical (unpaired) electrons. The maximum absolute atomic E-state index is 12.9. The van der Waals surface area contributed by atoms with Crippen LogP contribution in [0.3, 0.4) is 0 Å². The van der Waals surface area contributed by atoms with Crippen LogP contribution in [-0.2, 0) is 0 Å². The first kappa shape index (κ1) is 12.1. The highest BCUT2D eigenvalue weighted by molar-refractivity contribution is 5.85. The van der Waals surface area contributed by atoms with Crippen molar-refractivity contribution in [2.75, 3.05) is 6.54 Å². The van der Waals surface area contributed by atoms with Crippen LogP contribution in [0.1, 0.15) is 5.56 Å². The quantitative estimate of drug-likeness (QED) is 0.788. The highest BCUT2D eigenvalue weighted by Gasteiger charge is 2.04. The van der Waals surface area contributed by atoms with Crippen LogP contribution in [0, 0.1) is 11.6 Å². The fourth-order valence-electron chi connectivity index (χ4n) is 0.886. The van der Waals surface area contributed by atoms with Crippen LogP contribution in [0.25, 0.3) is 5.57 Å². The standard InChI is InChI=1S/C9H9F2N.ClH/c1-6(5-12)8-3-2-7(10)4-9(8)11;/h2-4H,1,5,12H2;1H. The van der Waals surface area contributed by atoms with Gasteiger partial charge in [-0.05, 0) is 17.7 Å². The fourth-order valence-corrected chi connectivity index (χ4v) is 0.886. The maximum Gasteiger partial charge on any atom is 0.133 e. The van der Waals surface area contributed by atoms with Gasteiger partial charge in [0.2, 0.25) is 0 Å². The molecule has 0 aromatic heterocycles. The SMILES string of the molecule is C=C(CN)c1ccc(F)cc1F.Cl. The number of hydrogen-bond acceptors (Lipinski definition) is 1. The van der Waals surface area contributed by atoms with Gasteiger partial charge >= 0.3 is 0 Å². The molecule has 4 heteroatoms. The lowest BCUT2D eigenvalue weighted by molar-refractivity contribution is 0.581. The number of halogens is 3. The van der Waals surface area contributed by atoms with E-state index in [2.05, 4.69) is 6.58 Å². The molecule has 0 bridgehead atoms. The molecular formula is C9H10ClF2N. The van der Waals surface area contributed by atoms with Gasteiger partial charge in [0, 0.05) is 18.2 Å². The lowest BCUT2D eigenvalue weighted by atomic mass is 10.1. The Morgan fingerprint density at radius 2 is 2.00 bits per heavy atom. The lowest BCUT2D eigenvalue weighted by Gasteiger charge is -2.03. The summed E-state index contributed by atoms with van der Waals surface area (Å²) in [5, 5.41) is 0. The van der Waals surface area contributed by atoms with Gasteiger partial charge in [0.05, 0.1) is 0 Å². The minimum absolute atomic E-state index is 0. The van der Waals surface area contributed by atoms with Crippen LogP contribution in [0.2, 0.25) is 0 Å². The predicted molar refractivity (Wildman–Crippen MR) is 51.7 cm³/mol. The molecule has 0 spiro atoms. The van der Waals surface area contributed by atoms with E-state index in [4.69, 9.17) is 5.73 Å². The van der Waals surface area contributed by atoms with Crippen LogP contribution < -0.4 is 5.73 Å². The third kappa shape index (κ3) is 2.79. The van der Waals surface area contributed by atoms with Crippen molar-refractivity contribution >= 4 is 18.0 Å². The fraction of sp³-hybridized carbons (Fsp3) is 0.111. The summed E-state index contributed by atoms with van der Waals surface area (Å²) in [7, 11) is 0. The van der Waals surface area contributed by atoms with Gasteiger partial charge < -0.3 is 5.73 Å². The molecule has 0 unspecified atom stereocenters. The van der Waals surface area contributed by atoms with Gasteiger partial charge in [0.25, 0.3) is 0 Å². The summed E-state index contributed by atoms with van der Waals surface area (Å²) >= 11 is 0. The first-order chi connectivity index (χ1) is 5.65. The molecular weight excluding hydrogens is 196 g/mol. The minimum Gasteiger partial charge on any atom is -0.326 e. The molecule has 72 valence electrons. The maximum atomic E-state index is 12.9. The van der Waals surface area contributed by atoms with Crippen molar-refractivity contribution in [2.24, 2.45) is 5.73 Å². The zero-order valence-corrected chi connectivity index (χ0v) is 7.70. The van der Waals surface area contributed by atoms with E-state index in [0.717, 1.165) is 6.07 Å². The highest BCUT2D eigenvalue weighted by atomic mass is 35.5. The first-order valence-corrected chi connectivity index (χ1v) is 3.48. The molecule has 0 saturated heterocycles. The van der Waals surface area contributed by atoms with Crippen LogP contribution in [0.4, 0.5) is 8.78 Å². The number of rotatable bonds is 2. The largest absolute Gasteiger partial charge is 0.326 e. The Bertz CT molecular complexity index is 312. The Kier molecular flexibility index (Phi) is 4.59. The third-order valence-corrected chi connectivity index (χ3v) is 1.56. The highest BCUT2D eigenvalue weighted by Crippen LogP contribution is 2.16. The molecule has 1 rings (SSSR count). The zero-order valence-electron chi connectivity index (χ0n) is 6.89. The molecule has 0 aliphatic carbocycles. The van der Waals surface area contributed by atoms with Gasteiger partial charge in [-0.3, -0.25) is 0 Å². The second-order valence-corrected chi connectivity index (χ2v) is 2.43. The predicted octanol–water partition coefficient (Wildman–Crippen LogP) is 2.36. The molecule has 13 heavy (non-hydrogen) atoms. The van der Waals surface area contributed by atoms with Crippen molar-refractivity contribution in [3.8, 4) is 0 Å². The summed E-state index contributed by atoms with van der Waals surface area (Å²) in [6.07, 6.45) is 0. The summed E-state index contributed by atoms with van der Waals surface area (Å²) in [6, 6.07) is 3.33. The van der Waals surface area contributed by atoms with E-state index in [1.165, 1.54) is 12.1 Å². The van der Waals surface area contributed by atoms with Gasteiger partial charge in [0.15, 0.2) is 0 Å². The molecule has 0 heterocycles. The van der Waals surface area contributed by atoms with Crippen LogP contribution in [0.15, 0.2) is 24.8 Å². The molecule has 0 atom stereocenters. The summed E-state index contributed by atoms with van der Waals surface area (Å²) in [4.78, 5) is 0. The summed E-state index contributed by atoms with van der Waals surface area (Å²) in [6.45, 7) is 3.72. The molecule has 2 N–H and O–H groups in total. The molecule has 1 aromatic rings.